The second-order valence-electron chi connectivity index (χ2n) is 3.69. The molecule has 1 N–H and O–H groups in total. The van der Waals surface area contributed by atoms with Crippen molar-refractivity contribution in [2.75, 3.05) is 6.61 Å². The molecule has 1 aromatic carbocycles. The minimum Gasteiger partial charge on any atom is -0.475 e. The average Bonchev–Trinajstić information content (AvgIpc) is 2.39. The van der Waals surface area contributed by atoms with Crippen molar-refractivity contribution in [3.63, 3.8) is 0 Å². The molecule has 0 unspecified atom stereocenters. The highest BCUT2D eigenvalue weighted by atomic mass is 16.5. The number of carboxylic acid groups (broad SMARTS) is 1. The Morgan fingerprint density at radius 3 is 2.16 bits per heavy atom. The van der Waals surface area contributed by atoms with Gasteiger partial charge in [-0.2, -0.15) is 0 Å². The zero-order valence-electron chi connectivity index (χ0n) is 11.1. The first kappa shape index (κ1) is 16.8. The van der Waals surface area contributed by atoms with E-state index < -0.39 is 11.8 Å². The monoisotopic (exact) mass is 266 g/mol. The van der Waals surface area contributed by atoms with Crippen LogP contribution in [-0.4, -0.2) is 29.4 Å². The van der Waals surface area contributed by atoms with E-state index in [0.717, 1.165) is 12.8 Å². The minimum atomic E-state index is -1.42. The van der Waals surface area contributed by atoms with Gasteiger partial charge in [0.1, 0.15) is 0 Å². The molecule has 0 saturated carbocycles. The molecule has 5 nitrogen and oxygen atoms in total. The van der Waals surface area contributed by atoms with Gasteiger partial charge in [-0.1, -0.05) is 43.7 Å². The van der Waals surface area contributed by atoms with E-state index in [4.69, 9.17) is 5.11 Å². The largest absolute Gasteiger partial charge is 0.475 e. The molecule has 0 bridgehead atoms. The fraction of sp³-hybridized carbons (Fsp3) is 0.357. The van der Waals surface area contributed by atoms with Crippen LogP contribution in [0, 0.1) is 0 Å². The van der Waals surface area contributed by atoms with Crippen LogP contribution in [0.3, 0.4) is 0 Å². The normalized spacial score (nSPS) is 8.95. The number of ether oxygens (including phenoxy) is 1. The number of Topliss-reactive ketones (excluding diaryl/α,β-unsaturated/α-hetero) is 1. The number of aliphatic carboxylic acids is 1. The molecule has 0 spiro atoms. The van der Waals surface area contributed by atoms with E-state index >= 15 is 0 Å². The summed E-state index contributed by atoms with van der Waals surface area (Å²) < 4.78 is 4.64. The quantitative estimate of drug-likeness (QED) is 0.383. The molecule has 1 rings (SSSR count). The van der Waals surface area contributed by atoms with Crippen molar-refractivity contribution < 1.29 is 24.2 Å². The molecule has 19 heavy (non-hydrogen) atoms. The summed E-state index contributed by atoms with van der Waals surface area (Å²) in [6.07, 6.45) is 2.05. The van der Waals surface area contributed by atoms with Gasteiger partial charge in [0.15, 0.2) is 0 Å². The molecule has 0 aliphatic carbocycles. The Morgan fingerprint density at radius 1 is 1.16 bits per heavy atom. The Balaban J connectivity index is 0.000000362. The van der Waals surface area contributed by atoms with Gasteiger partial charge < -0.3 is 9.84 Å². The van der Waals surface area contributed by atoms with Gasteiger partial charge in [0.2, 0.25) is 0 Å². The summed E-state index contributed by atoms with van der Waals surface area (Å²) in [5.74, 6) is -2.47. The molecule has 0 atom stereocenters. The standard InChI is InChI=1S/C8H6O3.C6H12O2/c9-7(8(10)11)6-4-2-1-3-5-6;1-3-4-5-8-6(2)7/h1-5H,(H,10,11);3-5H2,1-2H3. The van der Waals surface area contributed by atoms with Gasteiger partial charge in [-0.3, -0.25) is 9.59 Å². The second-order valence-corrected chi connectivity index (χ2v) is 3.69. The smallest absolute Gasteiger partial charge is 0.377 e. The van der Waals surface area contributed by atoms with Crippen LogP contribution in [0.5, 0.6) is 0 Å². The molecular weight excluding hydrogens is 248 g/mol. The third kappa shape index (κ3) is 8.54. The zero-order valence-corrected chi connectivity index (χ0v) is 11.1. The lowest BCUT2D eigenvalue weighted by molar-refractivity contribution is -0.141. The molecule has 104 valence electrons. The van der Waals surface area contributed by atoms with Gasteiger partial charge in [-0.05, 0) is 6.42 Å². The Hall–Kier alpha value is -2.17. The van der Waals surface area contributed by atoms with Gasteiger partial charge in [0.05, 0.1) is 6.61 Å². The number of esters is 1. The van der Waals surface area contributed by atoms with Gasteiger partial charge >= 0.3 is 11.9 Å². The lowest BCUT2D eigenvalue weighted by Gasteiger charge is -1.96. The maximum Gasteiger partial charge on any atom is 0.377 e. The molecular formula is C14H18O5. The first-order valence-electron chi connectivity index (χ1n) is 5.95. The summed E-state index contributed by atoms with van der Waals surface area (Å²) in [6.45, 7) is 4.06. The number of rotatable bonds is 5. The van der Waals surface area contributed by atoms with Crippen molar-refractivity contribution in [1.82, 2.24) is 0 Å². The number of ketones is 1. The van der Waals surface area contributed by atoms with Gasteiger partial charge in [0, 0.05) is 12.5 Å². The SMILES string of the molecule is CCCCOC(C)=O.O=C(O)C(=O)c1ccccc1. The Labute approximate surface area is 112 Å². The summed E-state index contributed by atoms with van der Waals surface area (Å²) in [7, 11) is 0. The van der Waals surface area contributed by atoms with Crippen molar-refractivity contribution in [1.29, 1.82) is 0 Å². The molecule has 0 amide bonds. The highest BCUT2D eigenvalue weighted by Crippen LogP contribution is 1.98. The van der Waals surface area contributed by atoms with Crippen molar-refractivity contribution in [3.05, 3.63) is 35.9 Å². The van der Waals surface area contributed by atoms with Crippen LogP contribution in [0.2, 0.25) is 0 Å². The number of carbonyl (C=O) groups excluding carboxylic acids is 2. The van der Waals surface area contributed by atoms with E-state index in [-0.39, 0.29) is 11.5 Å². The van der Waals surface area contributed by atoms with E-state index in [1.165, 1.54) is 19.1 Å². The summed E-state index contributed by atoms with van der Waals surface area (Å²) in [5.41, 5.74) is 0.208. The topological polar surface area (TPSA) is 80.7 Å². The number of carboxylic acids is 1. The maximum absolute atomic E-state index is 10.7. The van der Waals surface area contributed by atoms with Gasteiger partial charge in [-0.25, -0.2) is 4.79 Å². The van der Waals surface area contributed by atoms with Gasteiger partial charge in [0.25, 0.3) is 5.78 Å². The predicted molar refractivity (Wildman–Crippen MR) is 69.9 cm³/mol. The molecule has 0 aliphatic rings. The van der Waals surface area contributed by atoms with Crippen molar-refractivity contribution in [3.8, 4) is 0 Å². The fourth-order valence-electron chi connectivity index (χ4n) is 1.07. The second kappa shape index (κ2) is 9.82. The zero-order chi connectivity index (χ0) is 14.7. The molecule has 1 aromatic rings. The molecule has 0 radical (unpaired) electrons. The van der Waals surface area contributed by atoms with Gasteiger partial charge in [-0.15, -0.1) is 0 Å². The molecule has 0 fully saturated rings. The van der Waals surface area contributed by atoms with Crippen LogP contribution in [0.25, 0.3) is 0 Å². The summed E-state index contributed by atoms with van der Waals surface area (Å²) in [6, 6.07) is 7.90. The summed E-state index contributed by atoms with van der Waals surface area (Å²) in [4.78, 5) is 31.0. The van der Waals surface area contributed by atoms with Crippen LogP contribution in [-0.2, 0) is 14.3 Å². The van der Waals surface area contributed by atoms with Crippen LogP contribution in [0.1, 0.15) is 37.0 Å². The van der Waals surface area contributed by atoms with Crippen molar-refractivity contribution in [2.24, 2.45) is 0 Å². The predicted octanol–water partition coefficient (Wildman–Crippen LogP) is 2.30. The van der Waals surface area contributed by atoms with E-state index in [1.807, 2.05) is 0 Å². The Morgan fingerprint density at radius 2 is 1.74 bits per heavy atom. The lowest BCUT2D eigenvalue weighted by Crippen LogP contribution is -2.12. The van der Waals surface area contributed by atoms with Crippen LogP contribution < -0.4 is 0 Å². The van der Waals surface area contributed by atoms with E-state index in [9.17, 15) is 14.4 Å². The summed E-state index contributed by atoms with van der Waals surface area (Å²) >= 11 is 0. The highest BCUT2D eigenvalue weighted by Gasteiger charge is 2.12. The average molecular weight is 266 g/mol. The van der Waals surface area contributed by atoms with E-state index in [1.54, 1.807) is 18.2 Å². The molecule has 5 heteroatoms. The number of benzene rings is 1. The first-order chi connectivity index (χ1) is 8.99. The van der Waals surface area contributed by atoms with Crippen LogP contribution in [0.15, 0.2) is 30.3 Å². The number of carbonyl (C=O) groups is 3. The first-order valence-corrected chi connectivity index (χ1v) is 5.95. The third-order valence-electron chi connectivity index (χ3n) is 2.03. The number of hydrogen-bond donors (Lipinski definition) is 1. The highest BCUT2D eigenvalue weighted by molar-refractivity contribution is 6.39. The lowest BCUT2D eigenvalue weighted by atomic mass is 10.1. The molecule has 0 heterocycles. The maximum atomic E-state index is 10.7. The van der Waals surface area contributed by atoms with Crippen molar-refractivity contribution in [2.45, 2.75) is 26.7 Å². The van der Waals surface area contributed by atoms with Crippen LogP contribution >= 0.6 is 0 Å². The van der Waals surface area contributed by atoms with Crippen molar-refractivity contribution >= 4 is 17.7 Å². The van der Waals surface area contributed by atoms with E-state index in [2.05, 4.69) is 11.7 Å². The minimum absolute atomic E-state index is 0.182. The Bertz CT molecular complexity index is 411. The Kier molecular flexibility index (Phi) is 8.70. The third-order valence-corrected chi connectivity index (χ3v) is 2.03. The molecule has 0 aromatic heterocycles. The molecule has 0 aliphatic heterocycles. The number of unbranched alkanes of at least 4 members (excludes halogenated alkanes) is 1. The van der Waals surface area contributed by atoms with E-state index in [0.29, 0.717) is 6.61 Å². The van der Waals surface area contributed by atoms with Crippen LogP contribution in [0.4, 0.5) is 0 Å². The molecule has 0 saturated heterocycles. The number of hydrogen-bond acceptors (Lipinski definition) is 4. The fourth-order valence-corrected chi connectivity index (χ4v) is 1.07. The summed E-state index contributed by atoms with van der Waals surface area (Å²) in [5, 5.41) is 8.29.